The normalized spacial score (nSPS) is 10.8. The predicted molar refractivity (Wildman–Crippen MR) is 69.5 cm³/mol. The smallest absolute Gasteiger partial charge is 0.225 e. The number of aromatic nitrogens is 3. The predicted octanol–water partition coefficient (Wildman–Crippen LogP) is 1.11. The van der Waals surface area contributed by atoms with Crippen molar-refractivity contribution in [2.75, 3.05) is 6.61 Å². The van der Waals surface area contributed by atoms with E-state index in [9.17, 15) is 13.6 Å². The number of hydrogen-bond acceptors (Lipinski definition) is 4. The van der Waals surface area contributed by atoms with Gasteiger partial charge in [0.25, 0.3) is 0 Å². The minimum Gasteiger partial charge on any atom is -0.374 e. The fourth-order valence-electron chi connectivity index (χ4n) is 1.73. The molecule has 0 fully saturated rings. The van der Waals surface area contributed by atoms with E-state index in [1.165, 1.54) is 10.7 Å². The molecule has 21 heavy (non-hydrogen) atoms. The second-order valence-electron chi connectivity index (χ2n) is 4.23. The number of rotatable bonds is 6. The van der Waals surface area contributed by atoms with Crippen molar-refractivity contribution < 1.29 is 18.3 Å². The van der Waals surface area contributed by atoms with E-state index < -0.39 is 17.5 Å². The summed E-state index contributed by atoms with van der Waals surface area (Å²) in [5.74, 6) is -1.97. The Balaban J connectivity index is 2.40. The van der Waals surface area contributed by atoms with Gasteiger partial charge in [-0.05, 0) is 19.1 Å². The Morgan fingerprint density at radius 3 is 2.76 bits per heavy atom. The zero-order valence-electron chi connectivity index (χ0n) is 11.3. The molecule has 2 N–H and O–H groups in total. The summed E-state index contributed by atoms with van der Waals surface area (Å²) in [4.78, 5) is 15.1. The van der Waals surface area contributed by atoms with Gasteiger partial charge in [-0.15, -0.1) is 0 Å². The molecule has 0 aliphatic carbocycles. The van der Waals surface area contributed by atoms with Crippen molar-refractivity contribution in [2.45, 2.75) is 20.0 Å². The maximum Gasteiger partial charge on any atom is 0.225 e. The van der Waals surface area contributed by atoms with Crippen LogP contribution in [0.15, 0.2) is 18.2 Å². The van der Waals surface area contributed by atoms with Crippen molar-refractivity contribution >= 4 is 5.91 Å². The van der Waals surface area contributed by atoms with Crippen LogP contribution in [0.4, 0.5) is 8.78 Å². The van der Waals surface area contributed by atoms with E-state index in [0.717, 1.165) is 12.1 Å². The standard InChI is InChI=1S/C13H14F2N4O2/c1-2-21-7-13-17-12(6-11(16)20)18-19(13)8-3-4-9(14)10(15)5-8/h3-5H,2,6-7H2,1H3,(H2,16,20). The van der Waals surface area contributed by atoms with Crippen LogP contribution in [0.3, 0.4) is 0 Å². The van der Waals surface area contributed by atoms with E-state index in [4.69, 9.17) is 10.5 Å². The Morgan fingerprint density at radius 2 is 2.14 bits per heavy atom. The van der Waals surface area contributed by atoms with Gasteiger partial charge in [0, 0.05) is 12.7 Å². The van der Waals surface area contributed by atoms with Crippen LogP contribution in [0.2, 0.25) is 0 Å². The lowest BCUT2D eigenvalue weighted by Gasteiger charge is -2.06. The maximum absolute atomic E-state index is 13.3. The first-order valence-corrected chi connectivity index (χ1v) is 6.27. The number of amides is 1. The molecule has 0 aliphatic heterocycles. The minimum atomic E-state index is -0.998. The molecule has 8 heteroatoms. The Hall–Kier alpha value is -2.35. The van der Waals surface area contributed by atoms with Crippen LogP contribution in [0.5, 0.6) is 0 Å². The number of nitrogens with zero attached hydrogens (tertiary/aromatic N) is 3. The lowest BCUT2D eigenvalue weighted by atomic mass is 10.3. The van der Waals surface area contributed by atoms with Crippen molar-refractivity contribution in [3.8, 4) is 5.69 Å². The van der Waals surface area contributed by atoms with Crippen LogP contribution in [0.1, 0.15) is 18.6 Å². The number of carbonyl (C=O) groups excluding carboxylic acids is 1. The third-order valence-electron chi connectivity index (χ3n) is 2.63. The average Bonchev–Trinajstić information content (AvgIpc) is 2.81. The summed E-state index contributed by atoms with van der Waals surface area (Å²) in [6, 6.07) is 3.34. The maximum atomic E-state index is 13.3. The Morgan fingerprint density at radius 1 is 1.38 bits per heavy atom. The Labute approximate surface area is 119 Å². The molecule has 1 aromatic carbocycles. The van der Waals surface area contributed by atoms with Crippen LogP contribution in [0, 0.1) is 11.6 Å². The largest absolute Gasteiger partial charge is 0.374 e. The summed E-state index contributed by atoms with van der Waals surface area (Å²) in [6.07, 6.45) is -0.143. The molecule has 112 valence electrons. The van der Waals surface area contributed by atoms with E-state index in [2.05, 4.69) is 10.1 Å². The van der Waals surface area contributed by atoms with Crippen molar-refractivity contribution in [3.63, 3.8) is 0 Å². The van der Waals surface area contributed by atoms with E-state index in [0.29, 0.717) is 12.4 Å². The molecule has 0 bridgehead atoms. The molecule has 0 saturated heterocycles. The van der Waals surface area contributed by atoms with Gasteiger partial charge in [0.15, 0.2) is 23.3 Å². The highest BCUT2D eigenvalue weighted by Crippen LogP contribution is 2.15. The van der Waals surface area contributed by atoms with Gasteiger partial charge in [0.05, 0.1) is 12.1 Å². The van der Waals surface area contributed by atoms with Gasteiger partial charge in [-0.1, -0.05) is 0 Å². The number of halogens is 2. The van der Waals surface area contributed by atoms with Gasteiger partial charge in [0.1, 0.15) is 6.61 Å². The van der Waals surface area contributed by atoms with Crippen LogP contribution in [0.25, 0.3) is 5.69 Å². The molecule has 0 atom stereocenters. The molecule has 0 radical (unpaired) electrons. The number of primary amides is 1. The minimum absolute atomic E-state index is 0.126. The zero-order chi connectivity index (χ0) is 15.4. The molecule has 1 amide bonds. The van der Waals surface area contributed by atoms with E-state index in [1.807, 2.05) is 6.92 Å². The highest BCUT2D eigenvalue weighted by Gasteiger charge is 2.14. The van der Waals surface area contributed by atoms with Crippen LogP contribution >= 0.6 is 0 Å². The summed E-state index contributed by atoms with van der Waals surface area (Å²) >= 11 is 0. The molecule has 1 heterocycles. The van der Waals surface area contributed by atoms with Gasteiger partial charge >= 0.3 is 0 Å². The van der Waals surface area contributed by atoms with Gasteiger partial charge in [-0.2, -0.15) is 5.10 Å². The van der Waals surface area contributed by atoms with Gasteiger partial charge in [-0.3, -0.25) is 4.79 Å². The summed E-state index contributed by atoms with van der Waals surface area (Å²) in [6.45, 7) is 2.39. The fraction of sp³-hybridized carbons (Fsp3) is 0.308. The first kappa shape index (κ1) is 15.0. The second kappa shape index (κ2) is 6.40. The summed E-state index contributed by atoms with van der Waals surface area (Å²) in [5.41, 5.74) is 5.38. The molecular weight excluding hydrogens is 282 g/mol. The van der Waals surface area contributed by atoms with Crippen LogP contribution in [-0.2, 0) is 22.6 Å². The highest BCUT2D eigenvalue weighted by atomic mass is 19.2. The first-order chi connectivity index (χ1) is 10.0. The summed E-state index contributed by atoms with van der Waals surface area (Å²) in [5, 5.41) is 4.08. The number of carbonyl (C=O) groups is 1. The summed E-state index contributed by atoms with van der Waals surface area (Å²) < 4.78 is 32.9. The lowest BCUT2D eigenvalue weighted by Crippen LogP contribution is -2.14. The van der Waals surface area contributed by atoms with E-state index >= 15 is 0 Å². The van der Waals surface area contributed by atoms with Crippen LogP contribution in [-0.4, -0.2) is 27.3 Å². The SMILES string of the molecule is CCOCc1nc(CC(N)=O)nn1-c1ccc(F)c(F)c1. The molecule has 0 aliphatic rings. The molecule has 6 nitrogen and oxygen atoms in total. The van der Waals surface area contributed by atoms with Crippen LogP contribution < -0.4 is 5.73 Å². The molecule has 2 aromatic rings. The third-order valence-corrected chi connectivity index (χ3v) is 2.63. The highest BCUT2D eigenvalue weighted by molar-refractivity contribution is 5.75. The fourth-order valence-corrected chi connectivity index (χ4v) is 1.73. The molecule has 0 unspecified atom stereocenters. The van der Waals surface area contributed by atoms with Gasteiger partial charge in [0.2, 0.25) is 5.91 Å². The number of benzene rings is 1. The number of ether oxygens (including phenoxy) is 1. The molecular formula is C13H14F2N4O2. The monoisotopic (exact) mass is 296 g/mol. The lowest BCUT2D eigenvalue weighted by molar-refractivity contribution is -0.117. The number of hydrogen-bond donors (Lipinski definition) is 1. The summed E-state index contributed by atoms with van der Waals surface area (Å²) in [7, 11) is 0. The zero-order valence-corrected chi connectivity index (χ0v) is 11.3. The van der Waals surface area contributed by atoms with Gasteiger partial charge in [-0.25, -0.2) is 18.4 Å². The van der Waals surface area contributed by atoms with Crippen molar-refractivity contribution in [1.29, 1.82) is 0 Å². The van der Waals surface area contributed by atoms with Crippen molar-refractivity contribution in [3.05, 3.63) is 41.5 Å². The van der Waals surface area contributed by atoms with Crippen molar-refractivity contribution in [1.82, 2.24) is 14.8 Å². The Bertz CT molecular complexity index is 658. The molecule has 2 rings (SSSR count). The van der Waals surface area contributed by atoms with Gasteiger partial charge < -0.3 is 10.5 Å². The molecule has 1 aromatic heterocycles. The quantitative estimate of drug-likeness (QED) is 0.865. The molecule has 0 saturated carbocycles. The topological polar surface area (TPSA) is 83.0 Å². The first-order valence-electron chi connectivity index (χ1n) is 6.27. The second-order valence-corrected chi connectivity index (χ2v) is 4.23. The molecule has 0 spiro atoms. The van der Waals surface area contributed by atoms with E-state index in [1.54, 1.807) is 0 Å². The third kappa shape index (κ3) is 3.60. The Kier molecular flexibility index (Phi) is 4.59. The van der Waals surface area contributed by atoms with Crippen molar-refractivity contribution in [2.24, 2.45) is 5.73 Å². The number of nitrogens with two attached hydrogens (primary N) is 1. The van der Waals surface area contributed by atoms with E-state index in [-0.39, 0.29) is 24.5 Å². The average molecular weight is 296 g/mol.